The van der Waals surface area contributed by atoms with Gasteiger partial charge >= 0.3 is 0 Å². The number of hydrogen-bond donors (Lipinski definition) is 3. The standard InChI is InChI=1S/C26H24N4O2S/c1-16(31)29-23-14-27-11-10-19(23)15-33-24-7-3-6-22-25(24)21(13-28-22)26(32)30-20-9-8-17-4-2-5-18(17)12-20/h3,6-14,28H,2,4-5,15H2,1H3,(H,29,31)(H,30,32). The van der Waals surface area contributed by atoms with Gasteiger partial charge in [-0.05, 0) is 66.3 Å². The Balaban J connectivity index is 1.40. The van der Waals surface area contributed by atoms with E-state index in [2.05, 4.69) is 32.7 Å². The van der Waals surface area contributed by atoms with E-state index in [-0.39, 0.29) is 11.8 Å². The van der Waals surface area contributed by atoms with Crippen molar-refractivity contribution >= 4 is 45.9 Å². The summed E-state index contributed by atoms with van der Waals surface area (Å²) in [5.74, 6) is 0.372. The summed E-state index contributed by atoms with van der Waals surface area (Å²) in [6.07, 6.45) is 8.51. The molecule has 166 valence electrons. The number of H-pyrrole nitrogens is 1. The Morgan fingerprint density at radius 1 is 1.09 bits per heavy atom. The van der Waals surface area contributed by atoms with Gasteiger partial charge in [0.05, 0.1) is 17.4 Å². The zero-order valence-corrected chi connectivity index (χ0v) is 19.1. The van der Waals surface area contributed by atoms with Gasteiger partial charge in [0.2, 0.25) is 5.91 Å². The summed E-state index contributed by atoms with van der Waals surface area (Å²) >= 11 is 1.62. The monoisotopic (exact) mass is 456 g/mol. The van der Waals surface area contributed by atoms with Crippen LogP contribution in [0.3, 0.4) is 0 Å². The third-order valence-corrected chi connectivity index (χ3v) is 6.98. The molecule has 0 radical (unpaired) electrons. The lowest BCUT2D eigenvalue weighted by Gasteiger charge is -2.11. The van der Waals surface area contributed by atoms with Crippen LogP contribution in [-0.4, -0.2) is 21.8 Å². The summed E-state index contributed by atoms with van der Waals surface area (Å²) in [6.45, 7) is 1.48. The minimum Gasteiger partial charge on any atom is -0.360 e. The predicted molar refractivity (Wildman–Crippen MR) is 133 cm³/mol. The number of aryl methyl sites for hydroxylation is 2. The van der Waals surface area contributed by atoms with Crippen LogP contribution < -0.4 is 10.6 Å². The van der Waals surface area contributed by atoms with Crippen molar-refractivity contribution < 1.29 is 9.59 Å². The van der Waals surface area contributed by atoms with Crippen LogP contribution >= 0.6 is 11.8 Å². The Morgan fingerprint density at radius 3 is 2.85 bits per heavy atom. The number of nitrogens with zero attached hydrogens (tertiary/aromatic N) is 1. The van der Waals surface area contributed by atoms with Gasteiger partial charge in [-0.15, -0.1) is 11.8 Å². The number of carbonyl (C=O) groups is 2. The van der Waals surface area contributed by atoms with E-state index in [9.17, 15) is 9.59 Å². The second kappa shape index (κ2) is 9.11. The van der Waals surface area contributed by atoms with Crippen LogP contribution in [0, 0.1) is 0 Å². The molecule has 1 aliphatic rings. The number of carbonyl (C=O) groups excluding carboxylic acids is 2. The minimum absolute atomic E-state index is 0.130. The Labute approximate surface area is 196 Å². The zero-order valence-electron chi connectivity index (χ0n) is 18.3. The van der Waals surface area contributed by atoms with Crippen molar-refractivity contribution in [1.29, 1.82) is 0 Å². The molecule has 2 aromatic carbocycles. The van der Waals surface area contributed by atoms with Gasteiger partial charge in [0, 0.05) is 46.6 Å². The maximum atomic E-state index is 13.2. The highest BCUT2D eigenvalue weighted by molar-refractivity contribution is 7.98. The summed E-state index contributed by atoms with van der Waals surface area (Å²) in [4.78, 5) is 33.1. The van der Waals surface area contributed by atoms with Crippen molar-refractivity contribution in [3.63, 3.8) is 0 Å². The largest absolute Gasteiger partial charge is 0.360 e. The Hall–Kier alpha value is -3.58. The van der Waals surface area contributed by atoms with Gasteiger partial charge in [0.25, 0.3) is 5.91 Å². The first-order valence-electron chi connectivity index (χ1n) is 10.9. The number of hydrogen-bond acceptors (Lipinski definition) is 4. The smallest absolute Gasteiger partial charge is 0.257 e. The molecule has 2 heterocycles. The highest BCUT2D eigenvalue weighted by Crippen LogP contribution is 2.34. The van der Waals surface area contributed by atoms with Crippen molar-refractivity contribution in [2.24, 2.45) is 0 Å². The lowest BCUT2D eigenvalue weighted by Crippen LogP contribution is -2.11. The van der Waals surface area contributed by atoms with Crippen molar-refractivity contribution in [2.75, 3.05) is 10.6 Å². The van der Waals surface area contributed by atoms with E-state index < -0.39 is 0 Å². The summed E-state index contributed by atoms with van der Waals surface area (Å²) in [5, 5.41) is 6.80. The molecule has 0 spiro atoms. The highest BCUT2D eigenvalue weighted by Gasteiger charge is 2.17. The van der Waals surface area contributed by atoms with Gasteiger partial charge in [-0.2, -0.15) is 0 Å². The van der Waals surface area contributed by atoms with E-state index in [0.717, 1.165) is 39.9 Å². The first-order valence-corrected chi connectivity index (χ1v) is 11.9. The molecule has 0 unspecified atom stereocenters. The molecule has 2 aromatic heterocycles. The molecule has 6 nitrogen and oxygen atoms in total. The second-order valence-corrected chi connectivity index (χ2v) is 9.19. The van der Waals surface area contributed by atoms with Crippen molar-refractivity contribution in [1.82, 2.24) is 9.97 Å². The molecular weight excluding hydrogens is 432 g/mol. The number of fused-ring (bicyclic) bond motifs is 2. The number of pyridine rings is 1. The van der Waals surface area contributed by atoms with Crippen LogP contribution in [0.5, 0.6) is 0 Å². The molecule has 0 saturated heterocycles. The number of nitrogens with one attached hydrogen (secondary N) is 3. The van der Waals surface area contributed by atoms with Crippen LogP contribution in [0.25, 0.3) is 10.9 Å². The van der Waals surface area contributed by atoms with E-state index in [1.54, 1.807) is 30.4 Å². The number of thioether (sulfide) groups is 1. The lowest BCUT2D eigenvalue weighted by molar-refractivity contribution is -0.114. The molecule has 0 fully saturated rings. The third-order valence-electron chi connectivity index (χ3n) is 5.87. The number of rotatable bonds is 6. The number of aromatic amines is 1. The fourth-order valence-electron chi connectivity index (χ4n) is 4.31. The van der Waals surface area contributed by atoms with Crippen LogP contribution in [-0.2, 0) is 23.4 Å². The van der Waals surface area contributed by atoms with Crippen LogP contribution in [0.4, 0.5) is 11.4 Å². The van der Waals surface area contributed by atoms with E-state index in [1.807, 2.05) is 30.3 Å². The molecule has 3 N–H and O–H groups in total. The first kappa shape index (κ1) is 21.3. The van der Waals surface area contributed by atoms with Gasteiger partial charge in [-0.25, -0.2) is 0 Å². The van der Waals surface area contributed by atoms with Crippen molar-refractivity contribution in [3.05, 3.63) is 83.3 Å². The summed E-state index contributed by atoms with van der Waals surface area (Å²) in [6, 6.07) is 14.1. The second-order valence-electron chi connectivity index (χ2n) is 8.17. The summed E-state index contributed by atoms with van der Waals surface area (Å²) in [5.41, 5.74) is 6.75. The zero-order chi connectivity index (χ0) is 22.8. The van der Waals surface area contributed by atoms with E-state index in [1.165, 1.54) is 24.5 Å². The third kappa shape index (κ3) is 4.50. The fraction of sp³-hybridized carbons (Fsp3) is 0.192. The maximum absolute atomic E-state index is 13.2. The Morgan fingerprint density at radius 2 is 1.97 bits per heavy atom. The Kier molecular flexibility index (Phi) is 5.88. The maximum Gasteiger partial charge on any atom is 0.257 e. The SMILES string of the molecule is CC(=O)Nc1cnccc1CSc1cccc2[nH]cc(C(=O)Nc3ccc4c(c3)CCC4)c12. The molecule has 1 aliphatic carbocycles. The van der Waals surface area contributed by atoms with E-state index >= 15 is 0 Å². The molecule has 0 atom stereocenters. The molecule has 7 heteroatoms. The van der Waals surface area contributed by atoms with Gasteiger partial charge < -0.3 is 15.6 Å². The molecular formula is C26H24N4O2S. The first-order chi connectivity index (χ1) is 16.1. The molecule has 0 aliphatic heterocycles. The van der Waals surface area contributed by atoms with E-state index in [0.29, 0.717) is 17.0 Å². The number of benzene rings is 2. The van der Waals surface area contributed by atoms with Crippen molar-refractivity contribution in [2.45, 2.75) is 36.8 Å². The highest BCUT2D eigenvalue weighted by atomic mass is 32.2. The van der Waals surface area contributed by atoms with Crippen LogP contribution in [0.15, 0.2) is 66.0 Å². The average molecular weight is 457 g/mol. The molecule has 33 heavy (non-hydrogen) atoms. The normalized spacial score (nSPS) is 12.5. The predicted octanol–water partition coefficient (Wildman–Crippen LogP) is 5.55. The molecule has 4 aromatic rings. The van der Waals surface area contributed by atoms with Crippen LogP contribution in [0.1, 0.15) is 40.4 Å². The van der Waals surface area contributed by atoms with Gasteiger partial charge in [-0.1, -0.05) is 12.1 Å². The topological polar surface area (TPSA) is 86.9 Å². The molecule has 0 saturated carbocycles. The number of anilines is 2. The summed E-state index contributed by atoms with van der Waals surface area (Å²) in [7, 11) is 0. The Bertz CT molecular complexity index is 1360. The van der Waals surface area contributed by atoms with Gasteiger partial charge in [-0.3, -0.25) is 14.6 Å². The summed E-state index contributed by atoms with van der Waals surface area (Å²) < 4.78 is 0. The van der Waals surface area contributed by atoms with Crippen LogP contribution in [0.2, 0.25) is 0 Å². The van der Waals surface area contributed by atoms with Gasteiger partial charge in [0.1, 0.15) is 0 Å². The molecule has 0 bridgehead atoms. The fourth-order valence-corrected chi connectivity index (χ4v) is 5.41. The lowest BCUT2D eigenvalue weighted by atomic mass is 10.1. The average Bonchev–Trinajstić information content (AvgIpc) is 3.45. The van der Waals surface area contributed by atoms with Crippen molar-refractivity contribution in [3.8, 4) is 0 Å². The molecule has 5 rings (SSSR count). The minimum atomic E-state index is -0.132. The van der Waals surface area contributed by atoms with E-state index in [4.69, 9.17) is 0 Å². The van der Waals surface area contributed by atoms with Gasteiger partial charge in [0.15, 0.2) is 0 Å². The number of aromatic nitrogens is 2. The quantitative estimate of drug-likeness (QED) is 0.332. The number of amides is 2. The molecule has 2 amide bonds.